The number of anilines is 3. The first-order valence-corrected chi connectivity index (χ1v) is 5.48. The lowest BCUT2D eigenvalue weighted by molar-refractivity contribution is 0.965. The van der Waals surface area contributed by atoms with E-state index in [1.165, 1.54) is 6.33 Å². The van der Waals surface area contributed by atoms with Crippen molar-refractivity contribution in [1.29, 1.82) is 0 Å². The maximum absolute atomic E-state index is 4.12. The second kappa shape index (κ2) is 5.74. The van der Waals surface area contributed by atoms with Crippen LogP contribution < -0.4 is 10.6 Å². The first-order valence-electron chi connectivity index (χ1n) is 5.48. The zero-order chi connectivity index (χ0) is 11.9. The standard InChI is InChI=1S/C11H14N6/c1-2-4-12-9-7-10(16-8-15-9)17-11-13-5-3-6-14-11/h3,5-8H,2,4H2,1H3,(H2,12,13,14,15,16,17). The maximum Gasteiger partial charge on any atom is 0.228 e. The Kier molecular flexibility index (Phi) is 3.80. The van der Waals surface area contributed by atoms with E-state index in [9.17, 15) is 0 Å². The van der Waals surface area contributed by atoms with Gasteiger partial charge in [0, 0.05) is 25.0 Å². The van der Waals surface area contributed by atoms with E-state index in [1.54, 1.807) is 18.5 Å². The zero-order valence-electron chi connectivity index (χ0n) is 9.59. The minimum atomic E-state index is 0.521. The number of rotatable bonds is 5. The fourth-order valence-corrected chi connectivity index (χ4v) is 1.25. The van der Waals surface area contributed by atoms with Gasteiger partial charge in [-0.3, -0.25) is 0 Å². The fraction of sp³-hybridized carbons (Fsp3) is 0.273. The summed E-state index contributed by atoms with van der Waals surface area (Å²) in [6, 6.07) is 3.59. The Morgan fingerprint density at radius 3 is 2.59 bits per heavy atom. The van der Waals surface area contributed by atoms with Crippen molar-refractivity contribution in [2.24, 2.45) is 0 Å². The van der Waals surface area contributed by atoms with Gasteiger partial charge in [-0.05, 0) is 12.5 Å². The van der Waals surface area contributed by atoms with Crippen molar-refractivity contribution < 1.29 is 0 Å². The molecule has 2 rings (SSSR count). The average Bonchev–Trinajstić information content (AvgIpc) is 2.38. The van der Waals surface area contributed by atoms with Gasteiger partial charge in [0.25, 0.3) is 0 Å². The van der Waals surface area contributed by atoms with Crippen molar-refractivity contribution in [3.63, 3.8) is 0 Å². The molecule has 0 unspecified atom stereocenters. The number of nitrogens with zero attached hydrogens (tertiary/aromatic N) is 4. The van der Waals surface area contributed by atoms with Crippen LogP contribution in [0.1, 0.15) is 13.3 Å². The molecule has 0 spiro atoms. The van der Waals surface area contributed by atoms with Gasteiger partial charge in [-0.15, -0.1) is 0 Å². The SMILES string of the molecule is CCCNc1cc(Nc2ncccn2)ncn1. The molecule has 0 bridgehead atoms. The van der Waals surface area contributed by atoms with E-state index in [1.807, 2.05) is 6.07 Å². The van der Waals surface area contributed by atoms with Crippen molar-refractivity contribution >= 4 is 17.6 Å². The molecule has 0 aliphatic carbocycles. The molecule has 0 radical (unpaired) electrons. The topological polar surface area (TPSA) is 75.6 Å². The molecule has 6 nitrogen and oxygen atoms in total. The molecule has 0 aliphatic heterocycles. The Bertz CT molecular complexity index is 459. The molecule has 0 saturated heterocycles. The Morgan fingerprint density at radius 1 is 1.06 bits per heavy atom. The summed E-state index contributed by atoms with van der Waals surface area (Å²) >= 11 is 0. The average molecular weight is 230 g/mol. The van der Waals surface area contributed by atoms with Crippen LogP contribution in [0.15, 0.2) is 30.9 Å². The summed E-state index contributed by atoms with van der Waals surface area (Å²) in [5.41, 5.74) is 0. The van der Waals surface area contributed by atoms with Crippen molar-refractivity contribution in [1.82, 2.24) is 19.9 Å². The second-order valence-corrected chi connectivity index (χ2v) is 3.41. The van der Waals surface area contributed by atoms with Gasteiger partial charge in [-0.2, -0.15) is 0 Å². The van der Waals surface area contributed by atoms with Crippen LogP contribution in [0.3, 0.4) is 0 Å². The number of aromatic nitrogens is 4. The summed E-state index contributed by atoms with van der Waals surface area (Å²) < 4.78 is 0. The highest BCUT2D eigenvalue weighted by atomic mass is 15.1. The number of hydrogen-bond donors (Lipinski definition) is 2. The van der Waals surface area contributed by atoms with Gasteiger partial charge in [-0.1, -0.05) is 6.92 Å². The molecule has 0 fully saturated rings. The summed E-state index contributed by atoms with van der Waals surface area (Å²) in [7, 11) is 0. The molecule has 2 aromatic heterocycles. The quantitative estimate of drug-likeness (QED) is 0.816. The van der Waals surface area contributed by atoms with Gasteiger partial charge in [0.15, 0.2) is 0 Å². The van der Waals surface area contributed by atoms with Crippen LogP contribution in [0.5, 0.6) is 0 Å². The van der Waals surface area contributed by atoms with Crippen molar-refractivity contribution in [2.45, 2.75) is 13.3 Å². The number of nitrogens with one attached hydrogen (secondary N) is 2. The highest BCUT2D eigenvalue weighted by Gasteiger charge is 1.99. The maximum atomic E-state index is 4.12. The highest BCUT2D eigenvalue weighted by Crippen LogP contribution is 2.11. The third kappa shape index (κ3) is 3.37. The predicted molar refractivity (Wildman–Crippen MR) is 66.1 cm³/mol. The van der Waals surface area contributed by atoms with Crippen LogP contribution in [-0.2, 0) is 0 Å². The Labute approximate surface area is 99.6 Å². The minimum Gasteiger partial charge on any atom is -0.370 e. The first kappa shape index (κ1) is 11.3. The summed E-state index contributed by atoms with van der Waals surface area (Å²) in [4.78, 5) is 16.3. The minimum absolute atomic E-state index is 0.521. The Balaban J connectivity index is 2.06. The van der Waals surface area contributed by atoms with Crippen molar-refractivity contribution in [3.05, 3.63) is 30.9 Å². The van der Waals surface area contributed by atoms with E-state index in [2.05, 4.69) is 37.5 Å². The van der Waals surface area contributed by atoms with Crippen LogP contribution in [-0.4, -0.2) is 26.5 Å². The molecule has 0 aromatic carbocycles. The summed E-state index contributed by atoms with van der Waals surface area (Å²) in [5, 5.41) is 6.20. The van der Waals surface area contributed by atoms with Crippen LogP contribution in [0.2, 0.25) is 0 Å². The normalized spacial score (nSPS) is 9.94. The van der Waals surface area contributed by atoms with Crippen molar-refractivity contribution in [3.8, 4) is 0 Å². The van der Waals surface area contributed by atoms with Crippen LogP contribution in [0.4, 0.5) is 17.6 Å². The first-order chi connectivity index (χ1) is 8.38. The molecule has 6 heteroatoms. The van der Waals surface area contributed by atoms with Crippen LogP contribution in [0.25, 0.3) is 0 Å². The summed E-state index contributed by atoms with van der Waals surface area (Å²) in [6.45, 7) is 2.99. The van der Waals surface area contributed by atoms with E-state index in [-0.39, 0.29) is 0 Å². The van der Waals surface area contributed by atoms with Gasteiger partial charge < -0.3 is 10.6 Å². The molecule has 2 aromatic rings. The van der Waals surface area contributed by atoms with E-state index in [4.69, 9.17) is 0 Å². The van der Waals surface area contributed by atoms with Gasteiger partial charge in [0.2, 0.25) is 5.95 Å². The molecule has 2 heterocycles. The van der Waals surface area contributed by atoms with E-state index in [0.717, 1.165) is 18.8 Å². The predicted octanol–water partition coefficient (Wildman–Crippen LogP) is 1.83. The smallest absolute Gasteiger partial charge is 0.228 e. The molecular weight excluding hydrogens is 216 g/mol. The molecule has 0 aliphatic rings. The Hall–Kier alpha value is -2.24. The van der Waals surface area contributed by atoms with Crippen LogP contribution >= 0.6 is 0 Å². The zero-order valence-corrected chi connectivity index (χ0v) is 9.59. The van der Waals surface area contributed by atoms with Gasteiger partial charge >= 0.3 is 0 Å². The summed E-state index contributed by atoms with van der Waals surface area (Å²) in [6.07, 6.45) is 5.90. The highest BCUT2D eigenvalue weighted by molar-refractivity contribution is 5.52. The number of hydrogen-bond acceptors (Lipinski definition) is 6. The molecule has 2 N–H and O–H groups in total. The van der Waals surface area contributed by atoms with Gasteiger partial charge in [0.05, 0.1) is 0 Å². The van der Waals surface area contributed by atoms with E-state index < -0.39 is 0 Å². The second-order valence-electron chi connectivity index (χ2n) is 3.41. The lowest BCUT2D eigenvalue weighted by atomic mass is 10.4. The van der Waals surface area contributed by atoms with E-state index >= 15 is 0 Å². The van der Waals surface area contributed by atoms with Gasteiger partial charge in [-0.25, -0.2) is 19.9 Å². The Morgan fingerprint density at radius 2 is 1.82 bits per heavy atom. The molecule has 0 saturated carbocycles. The third-order valence-corrected chi connectivity index (χ3v) is 2.03. The molecule has 0 amide bonds. The molecule has 88 valence electrons. The van der Waals surface area contributed by atoms with Crippen LogP contribution in [0, 0.1) is 0 Å². The van der Waals surface area contributed by atoms with Gasteiger partial charge in [0.1, 0.15) is 18.0 Å². The molecule has 0 atom stereocenters. The monoisotopic (exact) mass is 230 g/mol. The lowest BCUT2D eigenvalue weighted by Crippen LogP contribution is -2.04. The largest absolute Gasteiger partial charge is 0.370 e. The molecule has 17 heavy (non-hydrogen) atoms. The lowest BCUT2D eigenvalue weighted by Gasteiger charge is -2.06. The summed E-state index contributed by atoms with van der Waals surface area (Å²) in [5.74, 6) is 1.98. The third-order valence-electron chi connectivity index (χ3n) is 2.03. The van der Waals surface area contributed by atoms with E-state index in [0.29, 0.717) is 11.8 Å². The van der Waals surface area contributed by atoms with Crippen molar-refractivity contribution in [2.75, 3.05) is 17.2 Å². The fourth-order valence-electron chi connectivity index (χ4n) is 1.25. The molecular formula is C11H14N6.